The van der Waals surface area contributed by atoms with Crippen LogP contribution in [0.1, 0.15) is 12.5 Å². The van der Waals surface area contributed by atoms with Crippen LogP contribution in [0.2, 0.25) is 0 Å². The molecular weight excluding hydrogens is 332 g/mol. The van der Waals surface area contributed by atoms with Gasteiger partial charge in [-0.3, -0.25) is 0 Å². The number of pyridine rings is 1. The number of rotatable bonds is 8. The first kappa shape index (κ1) is 19.1. The molecule has 0 fully saturated rings. The number of hydrogen-bond acceptors (Lipinski definition) is 5. The molecule has 1 heterocycles. The Morgan fingerprint density at radius 2 is 1.88 bits per heavy atom. The van der Waals surface area contributed by atoms with E-state index in [9.17, 15) is 0 Å². The predicted molar refractivity (Wildman–Crippen MR) is 102 cm³/mol. The van der Waals surface area contributed by atoms with E-state index in [0.717, 1.165) is 11.1 Å². The van der Waals surface area contributed by atoms with Crippen molar-refractivity contribution in [2.75, 3.05) is 20.8 Å². The lowest BCUT2D eigenvalue weighted by molar-refractivity contribution is 0.342. The van der Waals surface area contributed by atoms with E-state index < -0.39 is 0 Å². The van der Waals surface area contributed by atoms with Gasteiger partial charge >= 0.3 is 0 Å². The number of benzene rings is 1. The third-order valence-corrected chi connectivity index (χ3v) is 3.39. The Morgan fingerprint density at radius 1 is 1.19 bits per heavy atom. The molecule has 2 rings (SSSR count). The van der Waals surface area contributed by atoms with Crippen molar-refractivity contribution in [3.63, 3.8) is 0 Å². The van der Waals surface area contributed by atoms with Crippen molar-refractivity contribution in [2.45, 2.75) is 13.5 Å². The summed E-state index contributed by atoms with van der Waals surface area (Å²) in [5.74, 6) is 2.40. The maximum atomic E-state index is 5.82. The first-order valence-electron chi connectivity index (χ1n) is 8.05. The largest absolute Gasteiger partial charge is 0.493 e. The van der Waals surface area contributed by atoms with Gasteiger partial charge in [0.05, 0.1) is 20.8 Å². The zero-order chi connectivity index (χ0) is 18.9. The summed E-state index contributed by atoms with van der Waals surface area (Å²) >= 11 is 0. The van der Waals surface area contributed by atoms with Gasteiger partial charge in [0.1, 0.15) is 0 Å². The Labute approximate surface area is 153 Å². The van der Waals surface area contributed by atoms with Crippen LogP contribution in [0.5, 0.6) is 23.1 Å². The van der Waals surface area contributed by atoms with Gasteiger partial charge < -0.3 is 25.3 Å². The Hall–Kier alpha value is -3.22. The average Bonchev–Trinajstić information content (AvgIpc) is 2.65. The summed E-state index contributed by atoms with van der Waals surface area (Å²) in [4.78, 5) is 8.56. The molecule has 7 nitrogen and oxygen atoms in total. The zero-order valence-electron chi connectivity index (χ0n) is 15.3. The minimum absolute atomic E-state index is 0.368. The fourth-order valence-corrected chi connectivity index (χ4v) is 2.06. The third kappa shape index (κ3) is 5.41. The molecule has 0 bridgehead atoms. The Bertz CT molecular complexity index is 751. The van der Waals surface area contributed by atoms with E-state index in [4.69, 9.17) is 19.9 Å². The summed E-state index contributed by atoms with van der Waals surface area (Å²) < 4.78 is 16.4. The molecule has 0 unspecified atom stereocenters. The number of nitrogens with zero attached hydrogens (tertiary/aromatic N) is 2. The molecule has 1 aromatic carbocycles. The van der Waals surface area contributed by atoms with Crippen LogP contribution < -0.4 is 25.3 Å². The maximum Gasteiger partial charge on any atom is 0.219 e. The second kappa shape index (κ2) is 9.31. The molecule has 0 amide bonds. The molecule has 0 atom stereocenters. The van der Waals surface area contributed by atoms with E-state index >= 15 is 0 Å². The summed E-state index contributed by atoms with van der Waals surface area (Å²) in [6, 6.07) is 9.04. The highest BCUT2D eigenvalue weighted by atomic mass is 16.5. The van der Waals surface area contributed by atoms with Gasteiger partial charge in [-0.25, -0.2) is 9.98 Å². The fourth-order valence-electron chi connectivity index (χ4n) is 2.06. The number of methoxy groups -OCH3 is 2. The van der Waals surface area contributed by atoms with Crippen LogP contribution in [0.4, 0.5) is 0 Å². The topological polar surface area (TPSA) is 91.0 Å². The number of aliphatic imine (C=N–C) groups is 1. The van der Waals surface area contributed by atoms with Crippen LogP contribution in [0.15, 0.2) is 53.7 Å². The summed E-state index contributed by atoms with van der Waals surface area (Å²) in [5.41, 5.74) is 7.68. The third-order valence-electron chi connectivity index (χ3n) is 3.39. The maximum absolute atomic E-state index is 5.82. The molecule has 138 valence electrons. The lowest BCUT2D eigenvalue weighted by Gasteiger charge is -2.13. The highest BCUT2D eigenvalue weighted by Crippen LogP contribution is 2.39. The van der Waals surface area contributed by atoms with Gasteiger partial charge in [0.25, 0.3) is 0 Å². The van der Waals surface area contributed by atoms with Crippen molar-refractivity contribution >= 4 is 5.96 Å². The number of aromatic nitrogens is 1. The van der Waals surface area contributed by atoms with Crippen molar-refractivity contribution in [3.05, 3.63) is 54.2 Å². The molecule has 0 aliphatic rings. The molecule has 1 aromatic heterocycles. The number of nitrogens with two attached hydrogens (primary N) is 1. The number of ether oxygens (including phenoxy) is 3. The average molecular weight is 356 g/mol. The molecule has 2 aromatic rings. The number of nitrogens with one attached hydrogen (secondary N) is 1. The van der Waals surface area contributed by atoms with Gasteiger partial charge in [0, 0.05) is 18.8 Å². The van der Waals surface area contributed by atoms with Gasteiger partial charge in [-0.15, -0.1) is 0 Å². The number of guanidine groups is 1. The smallest absolute Gasteiger partial charge is 0.219 e. The molecule has 3 N–H and O–H groups in total. The van der Waals surface area contributed by atoms with Gasteiger partial charge in [-0.2, -0.15) is 0 Å². The Morgan fingerprint density at radius 3 is 2.42 bits per heavy atom. The van der Waals surface area contributed by atoms with Crippen molar-refractivity contribution in [1.82, 2.24) is 10.3 Å². The molecule has 0 spiro atoms. The minimum Gasteiger partial charge on any atom is -0.493 e. The van der Waals surface area contributed by atoms with E-state index in [1.54, 1.807) is 38.6 Å². The molecule has 0 aliphatic carbocycles. The molecule has 0 aliphatic heterocycles. The number of hydrogen-bond donors (Lipinski definition) is 2. The quantitative estimate of drug-likeness (QED) is 0.429. The summed E-state index contributed by atoms with van der Waals surface area (Å²) in [5, 5.41) is 2.98. The van der Waals surface area contributed by atoms with E-state index in [-0.39, 0.29) is 0 Å². The van der Waals surface area contributed by atoms with E-state index in [2.05, 4.69) is 21.9 Å². The summed E-state index contributed by atoms with van der Waals surface area (Å²) in [6.45, 7) is 6.73. The first-order valence-corrected chi connectivity index (χ1v) is 8.05. The van der Waals surface area contributed by atoms with Gasteiger partial charge in [0.15, 0.2) is 17.5 Å². The monoisotopic (exact) mass is 356 g/mol. The van der Waals surface area contributed by atoms with Gasteiger partial charge in [-0.05, 0) is 24.6 Å². The SMILES string of the molecule is C=C(C)CNC(N)=NCc1ccc(Oc2c(OC)cccc2OC)nc1. The normalized spacial score (nSPS) is 11.0. The second-order valence-electron chi connectivity index (χ2n) is 5.61. The van der Waals surface area contributed by atoms with E-state index in [1.165, 1.54) is 0 Å². The molecule has 0 saturated heterocycles. The predicted octanol–water partition coefficient (Wildman–Crippen LogP) is 2.87. The minimum atomic E-state index is 0.368. The molecule has 7 heteroatoms. The van der Waals surface area contributed by atoms with Crippen molar-refractivity contribution in [3.8, 4) is 23.1 Å². The van der Waals surface area contributed by atoms with Crippen LogP contribution in [0.3, 0.4) is 0 Å². The van der Waals surface area contributed by atoms with Crippen LogP contribution >= 0.6 is 0 Å². The standard InChI is InChI=1S/C19H24N4O3/c1-13(2)10-22-19(20)23-12-14-8-9-17(21-11-14)26-18-15(24-3)6-5-7-16(18)25-4/h5-9,11H,1,10,12H2,2-4H3,(H3,20,22,23). The van der Waals surface area contributed by atoms with Crippen molar-refractivity contribution < 1.29 is 14.2 Å². The van der Waals surface area contributed by atoms with Crippen LogP contribution in [-0.4, -0.2) is 31.7 Å². The Kier molecular flexibility index (Phi) is 6.84. The van der Waals surface area contributed by atoms with Crippen molar-refractivity contribution in [1.29, 1.82) is 0 Å². The highest BCUT2D eigenvalue weighted by Gasteiger charge is 2.12. The molecular formula is C19H24N4O3. The molecule has 26 heavy (non-hydrogen) atoms. The lowest BCUT2D eigenvalue weighted by atomic mass is 10.3. The highest BCUT2D eigenvalue weighted by molar-refractivity contribution is 5.78. The molecule has 0 saturated carbocycles. The van der Waals surface area contributed by atoms with Crippen LogP contribution in [0.25, 0.3) is 0 Å². The van der Waals surface area contributed by atoms with E-state index in [0.29, 0.717) is 42.2 Å². The Balaban J connectivity index is 2.04. The van der Waals surface area contributed by atoms with E-state index in [1.807, 2.05) is 19.1 Å². The summed E-state index contributed by atoms with van der Waals surface area (Å²) in [7, 11) is 3.14. The first-order chi connectivity index (χ1) is 12.5. The van der Waals surface area contributed by atoms with Gasteiger partial charge in [-0.1, -0.05) is 24.3 Å². The lowest BCUT2D eigenvalue weighted by Crippen LogP contribution is -2.32. The fraction of sp³-hybridized carbons (Fsp3) is 0.263. The van der Waals surface area contributed by atoms with Crippen LogP contribution in [-0.2, 0) is 6.54 Å². The number of para-hydroxylation sites is 1. The second-order valence-corrected chi connectivity index (χ2v) is 5.61. The summed E-state index contributed by atoms with van der Waals surface area (Å²) in [6.07, 6.45) is 1.69. The van der Waals surface area contributed by atoms with Crippen LogP contribution in [0, 0.1) is 0 Å². The van der Waals surface area contributed by atoms with Crippen molar-refractivity contribution in [2.24, 2.45) is 10.7 Å². The van der Waals surface area contributed by atoms with Gasteiger partial charge in [0.2, 0.25) is 11.6 Å². The molecule has 0 radical (unpaired) electrons. The zero-order valence-corrected chi connectivity index (χ0v) is 15.3.